The Hall–Kier alpha value is -1.71. The molecule has 8 nitrogen and oxygen atoms in total. The summed E-state index contributed by atoms with van der Waals surface area (Å²) in [7, 11) is -3.75. The summed E-state index contributed by atoms with van der Waals surface area (Å²) in [6.07, 6.45) is 3.78. The molecule has 0 aliphatic carbocycles. The van der Waals surface area contributed by atoms with Crippen LogP contribution in [-0.4, -0.2) is 19.9 Å². The number of nitrogens with one attached hydrogen (secondary N) is 2. The standard InChI is InChI=1S/C12H20N4O4S/c1-2-3-4-5-8-14-21(19,20)10-6-7-11(15-13)12(9-10)16(17)18/h6-7,9,14-15H,2-5,8,13H2,1H3. The van der Waals surface area contributed by atoms with Crippen LogP contribution < -0.4 is 16.0 Å². The Labute approximate surface area is 123 Å². The fourth-order valence-electron chi connectivity index (χ4n) is 1.79. The van der Waals surface area contributed by atoms with E-state index in [2.05, 4.69) is 17.1 Å². The first-order chi connectivity index (χ1) is 9.92. The number of nitro benzene ring substituents is 1. The van der Waals surface area contributed by atoms with E-state index in [0.29, 0.717) is 6.54 Å². The van der Waals surface area contributed by atoms with Crippen molar-refractivity contribution in [3.8, 4) is 0 Å². The third kappa shape index (κ3) is 4.96. The van der Waals surface area contributed by atoms with Crippen molar-refractivity contribution in [2.45, 2.75) is 37.5 Å². The molecule has 9 heteroatoms. The van der Waals surface area contributed by atoms with E-state index in [9.17, 15) is 18.5 Å². The van der Waals surface area contributed by atoms with E-state index < -0.39 is 14.9 Å². The topological polar surface area (TPSA) is 127 Å². The lowest BCUT2D eigenvalue weighted by atomic mass is 10.2. The molecule has 118 valence electrons. The first-order valence-electron chi connectivity index (χ1n) is 6.67. The fraction of sp³-hybridized carbons (Fsp3) is 0.500. The van der Waals surface area contributed by atoms with E-state index >= 15 is 0 Å². The van der Waals surface area contributed by atoms with Crippen LogP contribution in [0.5, 0.6) is 0 Å². The van der Waals surface area contributed by atoms with Gasteiger partial charge in [0.25, 0.3) is 5.69 Å². The Kier molecular flexibility index (Phi) is 6.53. The lowest BCUT2D eigenvalue weighted by molar-refractivity contribution is -0.384. The van der Waals surface area contributed by atoms with Crippen molar-refractivity contribution in [2.24, 2.45) is 5.84 Å². The highest BCUT2D eigenvalue weighted by molar-refractivity contribution is 7.89. The second-order valence-electron chi connectivity index (χ2n) is 4.54. The average molecular weight is 316 g/mol. The molecule has 0 aliphatic rings. The highest BCUT2D eigenvalue weighted by atomic mass is 32.2. The minimum atomic E-state index is -3.75. The van der Waals surface area contributed by atoms with Crippen LogP contribution in [0.1, 0.15) is 32.6 Å². The summed E-state index contributed by atoms with van der Waals surface area (Å²) in [4.78, 5) is 10.1. The Balaban J connectivity index is 2.83. The molecule has 4 N–H and O–H groups in total. The van der Waals surface area contributed by atoms with Gasteiger partial charge >= 0.3 is 0 Å². The number of anilines is 1. The second kappa shape index (κ2) is 7.91. The van der Waals surface area contributed by atoms with E-state index in [1.807, 2.05) is 0 Å². The molecular weight excluding hydrogens is 296 g/mol. The van der Waals surface area contributed by atoms with Crippen molar-refractivity contribution >= 4 is 21.4 Å². The molecule has 1 rings (SSSR count). The summed E-state index contributed by atoms with van der Waals surface area (Å²) < 4.78 is 26.5. The van der Waals surface area contributed by atoms with Crippen molar-refractivity contribution in [1.82, 2.24) is 4.72 Å². The molecular formula is C12H20N4O4S. The van der Waals surface area contributed by atoms with Crippen molar-refractivity contribution in [1.29, 1.82) is 0 Å². The van der Waals surface area contributed by atoms with E-state index in [1.165, 1.54) is 12.1 Å². The minimum absolute atomic E-state index is 0.0573. The monoisotopic (exact) mass is 316 g/mol. The van der Waals surface area contributed by atoms with Gasteiger partial charge in [-0.2, -0.15) is 0 Å². The third-order valence-corrected chi connectivity index (χ3v) is 4.41. The summed E-state index contributed by atoms with van der Waals surface area (Å²) in [6, 6.07) is 3.53. The van der Waals surface area contributed by atoms with Gasteiger partial charge in [-0.3, -0.25) is 16.0 Å². The number of hydrogen-bond donors (Lipinski definition) is 3. The maximum absolute atomic E-state index is 12.1. The van der Waals surface area contributed by atoms with Gasteiger partial charge in [0, 0.05) is 12.6 Å². The minimum Gasteiger partial charge on any atom is -0.318 e. The molecule has 0 bridgehead atoms. The van der Waals surface area contributed by atoms with Crippen molar-refractivity contribution < 1.29 is 13.3 Å². The number of benzene rings is 1. The fourth-order valence-corrected chi connectivity index (χ4v) is 2.89. The molecule has 0 aliphatic heterocycles. The molecule has 21 heavy (non-hydrogen) atoms. The van der Waals surface area contributed by atoms with Gasteiger partial charge in [-0.15, -0.1) is 0 Å². The predicted octanol–water partition coefficient (Wildman–Crippen LogP) is 1.74. The summed E-state index contributed by atoms with van der Waals surface area (Å²) in [6.45, 7) is 2.38. The van der Waals surface area contributed by atoms with Gasteiger partial charge in [-0.1, -0.05) is 26.2 Å². The van der Waals surface area contributed by atoms with Crippen molar-refractivity contribution in [3.63, 3.8) is 0 Å². The number of hydrazine groups is 1. The van der Waals surface area contributed by atoms with Gasteiger partial charge < -0.3 is 5.43 Å². The first-order valence-corrected chi connectivity index (χ1v) is 8.15. The highest BCUT2D eigenvalue weighted by Gasteiger charge is 2.20. The van der Waals surface area contributed by atoms with Crippen LogP contribution in [0.2, 0.25) is 0 Å². The molecule has 0 atom stereocenters. The summed E-state index contributed by atoms with van der Waals surface area (Å²) in [5, 5.41) is 10.9. The quantitative estimate of drug-likeness (QED) is 0.275. The molecule has 0 aromatic heterocycles. The van der Waals surface area contributed by atoms with Crippen LogP contribution >= 0.6 is 0 Å². The number of hydrogen-bond acceptors (Lipinski definition) is 6. The van der Waals surface area contributed by atoms with Gasteiger partial charge in [-0.05, 0) is 18.6 Å². The largest absolute Gasteiger partial charge is 0.318 e. The SMILES string of the molecule is CCCCCCNS(=O)(=O)c1ccc(NN)c([N+](=O)[O-])c1. The molecule has 0 heterocycles. The van der Waals surface area contributed by atoms with Crippen LogP contribution in [0.25, 0.3) is 0 Å². The Morgan fingerprint density at radius 3 is 2.57 bits per heavy atom. The molecule has 1 aromatic carbocycles. The van der Waals surface area contributed by atoms with E-state index in [4.69, 9.17) is 5.84 Å². The summed E-state index contributed by atoms with van der Waals surface area (Å²) >= 11 is 0. The van der Waals surface area contributed by atoms with E-state index in [0.717, 1.165) is 31.7 Å². The number of nitro groups is 1. The zero-order valence-corrected chi connectivity index (χ0v) is 12.6. The number of rotatable bonds is 9. The van der Waals surface area contributed by atoms with E-state index in [-0.39, 0.29) is 16.3 Å². The molecule has 0 amide bonds. The molecule has 0 saturated heterocycles. The van der Waals surface area contributed by atoms with E-state index in [1.54, 1.807) is 0 Å². The Morgan fingerprint density at radius 2 is 2.00 bits per heavy atom. The second-order valence-corrected chi connectivity index (χ2v) is 6.31. The molecule has 1 aromatic rings. The molecule has 0 fully saturated rings. The zero-order chi connectivity index (χ0) is 15.9. The lowest BCUT2D eigenvalue weighted by Gasteiger charge is -2.08. The third-order valence-electron chi connectivity index (χ3n) is 2.95. The maximum Gasteiger partial charge on any atom is 0.294 e. The number of sulfonamides is 1. The average Bonchev–Trinajstić information content (AvgIpc) is 2.46. The normalized spacial score (nSPS) is 11.3. The lowest BCUT2D eigenvalue weighted by Crippen LogP contribution is -2.25. The first kappa shape index (κ1) is 17.3. The van der Waals surface area contributed by atoms with Gasteiger partial charge in [0.1, 0.15) is 5.69 Å². The van der Waals surface area contributed by atoms with Crippen LogP contribution in [0.3, 0.4) is 0 Å². The zero-order valence-electron chi connectivity index (χ0n) is 11.8. The van der Waals surface area contributed by atoms with Gasteiger partial charge in [-0.25, -0.2) is 13.1 Å². The molecule has 0 saturated carbocycles. The van der Waals surface area contributed by atoms with Gasteiger partial charge in [0.2, 0.25) is 10.0 Å². The van der Waals surface area contributed by atoms with Crippen molar-refractivity contribution in [2.75, 3.05) is 12.0 Å². The number of unbranched alkanes of at least 4 members (excludes halogenated alkanes) is 3. The van der Waals surface area contributed by atoms with Gasteiger partial charge in [0.15, 0.2) is 0 Å². The molecule has 0 radical (unpaired) electrons. The van der Waals surface area contributed by atoms with Crippen molar-refractivity contribution in [3.05, 3.63) is 28.3 Å². The molecule has 0 spiro atoms. The number of nitrogens with zero attached hydrogens (tertiary/aromatic N) is 1. The maximum atomic E-state index is 12.1. The highest BCUT2D eigenvalue weighted by Crippen LogP contribution is 2.26. The number of nitrogen functional groups attached to an aromatic ring is 1. The van der Waals surface area contributed by atoms with Crippen LogP contribution in [0.15, 0.2) is 23.1 Å². The van der Waals surface area contributed by atoms with Crippen LogP contribution in [-0.2, 0) is 10.0 Å². The Morgan fingerprint density at radius 1 is 1.29 bits per heavy atom. The predicted molar refractivity (Wildman–Crippen MR) is 80.2 cm³/mol. The Bertz CT molecular complexity index is 589. The number of nitrogens with two attached hydrogens (primary N) is 1. The van der Waals surface area contributed by atoms with Gasteiger partial charge in [0.05, 0.1) is 9.82 Å². The van der Waals surface area contributed by atoms with Crippen LogP contribution in [0.4, 0.5) is 11.4 Å². The summed E-state index contributed by atoms with van der Waals surface area (Å²) in [5.41, 5.74) is 1.84. The smallest absolute Gasteiger partial charge is 0.294 e. The summed E-state index contributed by atoms with van der Waals surface area (Å²) in [5.74, 6) is 5.15. The molecule has 0 unspecified atom stereocenters. The van der Waals surface area contributed by atoms with Crippen LogP contribution in [0, 0.1) is 10.1 Å².